The maximum absolute atomic E-state index is 12.9. The monoisotopic (exact) mass is 346 g/mol. The van der Waals surface area contributed by atoms with Crippen LogP contribution < -0.4 is 5.32 Å². The van der Waals surface area contributed by atoms with Gasteiger partial charge in [-0.2, -0.15) is 5.10 Å². The average Bonchev–Trinajstić information content (AvgIpc) is 2.97. The summed E-state index contributed by atoms with van der Waals surface area (Å²) in [6.07, 6.45) is 3.88. The fourth-order valence-electron chi connectivity index (χ4n) is 3.36. The largest absolute Gasteiger partial charge is 0.338 e. The van der Waals surface area contributed by atoms with E-state index in [9.17, 15) is 4.79 Å². The Morgan fingerprint density at radius 2 is 2.21 bits per heavy atom. The maximum Gasteiger partial charge on any atom is 0.257 e. The summed E-state index contributed by atoms with van der Waals surface area (Å²) in [5.41, 5.74) is 2.27. The van der Waals surface area contributed by atoms with E-state index in [-0.39, 0.29) is 5.91 Å². The second-order valence-electron chi connectivity index (χ2n) is 6.32. The Balaban J connectivity index is 1.83. The number of aromatic nitrogens is 2. The first-order chi connectivity index (χ1) is 11.6. The van der Waals surface area contributed by atoms with E-state index in [0.29, 0.717) is 16.5 Å². The van der Waals surface area contributed by atoms with Crippen molar-refractivity contribution in [2.75, 3.05) is 26.7 Å². The summed E-state index contributed by atoms with van der Waals surface area (Å²) < 4.78 is 1.74. The Kier molecular flexibility index (Phi) is 5.21. The number of nitrogens with one attached hydrogen (secondary N) is 1. The minimum Gasteiger partial charge on any atom is -0.338 e. The smallest absolute Gasteiger partial charge is 0.257 e. The molecule has 2 heterocycles. The molecule has 5 nitrogen and oxygen atoms in total. The van der Waals surface area contributed by atoms with Crippen LogP contribution in [0.3, 0.4) is 0 Å². The van der Waals surface area contributed by atoms with E-state index in [2.05, 4.69) is 10.4 Å². The number of hydrogen-bond donors (Lipinski definition) is 1. The van der Waals surface area contributed by atoms with E-state index >= 15 is 0 Å². The molecule has 1 amide bonds. The molecule has 1 aromatic heterocycles. The van der Waals surface area contributed by atoms with Gasteiger partial charge in [0.15, 0.2) is 0 Å². The van der Waals surface area contributed by atoms with E-state index in [1.54, 1.807) is 10.9 Å². The van der Waals surface area contributed by atoms with Gasteiger partial charge in [-0.25, -0.2) is 4.68 Å². The van der Waals surface area contributed by atoms with Crippen LogP contribution in [0.5, 0.6) is 0 Å². The number of piperidine rings is 1. The molecular formula is C18H23ClN4O. The van der Waals surface area contributed by atoms with Gasteiger partial charge >= 0.3 is 0 Å². The van der Waals surface area contributed by atoms with Crippen LogP contribution in [0.25, 0.3) is 5.69 Å². The second kappa shape index (κ2) is 7.36. The van der Waals surface area contributed by atoms with Gasteiger partial charge < -0.3 is 10.2 Å². The van der Waals surface area contributed by atoms with E-state index in [1.165, 1.54) is 6.42 Å². The lowest BCUT2D eigenvalue weighted by Gasteiger charge is -2.32. The summed E-state index contributed by atoms with van der Waals surface area (Å²) >= 11 is 6.26. The van der Waals surface area contributed by atoms with Crippen molar-refractivity contribution in [2.45, 2.75) is 19.8 Å². The fraction of sp³-hybridized carbons (Fsp3) is 0.444. The number of carbonyl (C=O) groups is 1. The number of carbonyl (C=O) groups excluding carboxylic acids is 1. The van der Waals surface area contributed by atoms with Gasteiger partial charge in [0, 0.05) is 13.1 Å². The van der Waals surface area contributed by atoms with Crippen LogP contribution in [-0.4, -0.2) is 47.3 Å². The van der Waals surface area contributed by atoms with E-state index < -0.39 is 0 Å². The van der Waals surface area contributed by atoms with Gasteiger partial charge in [-0.15, -0.1) is 0 Å². The standard InChI is InChI=1S/C18H23ClN4O/c1-13-15(11-21-23(13)17-8-4-3-7-16(17)19)18(24)22-9-5-6-14(12-22)10-20-2/h3-4,7-8,11,14,20H,5-6,9-10,12H2,1-2H3. The number of para-hydroxylation sites is 1. The molecule has 1 aliphatic rings. The predicted octanol–water partition coefficient (Wildman–Crippen LogP) is 2.91. The van der Waals surface area contributed by atoms with E-state index in [1.807, 2.05) is 43.1 Å². The van der Waals surface area contributed by atoms with Crippen molar-refractivity contribution >= 4 is 17.5 Å². The van der Waals surface area contributed by atoms with Crippen molar-refractivity contribution in [2.24, 2.45) is 5.92 Å². The third-order valence-corrected chi connectivity index (χ3v) is 4.94. The third kappa shape index (κ3) is 3.32. The van der Waals surface area contributed by atoms with Gasteiger partial charge in [0.1, 0.15) is 0 Å². The quantitative estimate of drug-likeness (QED) is 0.926. The number of likely N-dealkylation sites (tertiary alicyclic amines) is 1. The van der Waals surface area contributed by atoms with Crippen molar-refractivity contribution < 1.29 is 4.79 Å². The first kappa shape index (κ1) is 17.0. The highest BCUT2D eigenvalue weighted by Gasteiger charge is 2.26. The molecule has 1 aromatic carbocycles. The van der Waals surface area contributed by atoms with Gasteiger partial charge in [-0.1, -0.05) is 23.7 Å². The number of amides is 1. The molecule has 1 N–H and O–H groups in total. The van der Waals surface area contributed by atoms with E-state index in [0.717, 1.165) is 37.4 Å². The highest BCUT2D eigenvalue weighted by molar-refractivity contribution is 6.32. The SMILES string of the molecule is CNCC1CCCN(C(=O)c2cnn(-c3ccccc3Cl)c2C)C1. The van der Waals surface area contributed by atoms with Gasteiger partial charge in [-0.3, -0.25) is 4.79 Å². The molecular weight excluding hydrogens is 324 g/mol. The van der Waals surface area contributed by atoms with Crippen LogP contribution in [0.4, 0.5) is 0 Å². The molecule has 6 heteroatoms. The van der Waals surface area contributed by atoms with Crippen molar-refractivity contribution in [3.05, 3.63) is 46.7 Å². The van der Waals surface area contributed by atoms with Crippen LogP contribution in [-0.2, 0) is 0 Å². The number of nitrogens with zero attached hydrogens (tertiary/aromatic N) is 3. The first-order valence-electron chi connectivity index (χ1n) is 8.35. The third-order valence-electron chi connectivity index (χ3n) is 4.62. The second-order valence-corrected chi connectivity index (χ2v) is 6.73. The zero-order chi connectivity index (χ0) is 17.1. The lowest BCUT2D eigenvalue weighted by molar-refractivity contribution is 0.0673. The summed E-state index contributed by atoms with van der Waals surface area (Å²) in [4.78, 5) is 14.9. The number of hydrogen-bond acceptors (Lipinski definition) is 3. The first-order valence-corrected chi connectivity index (χ1v) is 8.73. The maximum atomic E-state index is 12.9. The van der Waals surface area contributed by atoms with Crippen molar-refractivity contribution in [1.29, 1.82) is 0 Å². The normalized spacial score (nSPS) is 18.0. The number of benzene rings is 1. The molecule has 1 aliphatic heterocycles. The Morgan fingerprint density at radius 3 is 2.96 bits per heavy atom. The van der Waals surface area contributed by atoms with Crippen LogP contribution in [0.1, 0.15) is 28.9 Å². The lowest BCUT2D eigenvalue weighted by atomic mass is 9.97. The van der Waals surface area contributed by atoms with Gasteiger partial charge in [0.25, 0.3) is 5.91 Å². The van der Waals surface area contributed by atoms with Gasteiger partial charge in [-0.05, 0) is 51.4 Å². The van der Waals surface area contributed by atoms with Gasteiger partial charge in [0.2, 0.25) is 0 Å². The van der Waals surface area contributed by atoms with E-state index in [4.69, 9.17) is 11.6 Å². The highest BCUT2D eigenvalue weighted by atomic mass is 35.5. The summed E-state index contributed by atoms with van der Waals surface area (Å²) in [6.45, 7) is 4.48. The Labute approximate surface area is 147 Å². The number of halogens is 1. The van der Waals surface area contributed by atoms with Crippen LogP contribution >= 0.6 is 11.6 Å². The van der Waals surface area contributed by atoms with Crippen LogP contribution in [0.2, 0.25) is 5.02 Å². The molecule has 1 atom stereocenters. The van der Waals surface area contributed by atoms with Crippen LogP contribution in [0, 0.1) is 12.8 Å². The molecule has 3 rings (SSSR count). The molecule has 24 heavy (non-hydrogen) atoms. The Morgan fingerprint density at radius 1 is 1.42 bits per heavy atom. The molecule has 1 saturated heterocycles. The number of rotatable bonds is 4. The van der Waals surface area contributed by atoms with Crippen molar-refractivity contribution in [3.8, 4) is 5.69 Å². The lowest BCUT2D eigenvalue weighted by Crippen LogP contribution is -2.42. The molecule has 0 spiro atoms. The topological polar surface area (TPSA) is 50.2 Å². The molecule has 0 aliphatic carbocycles. The molecule has 2 aromatic rings. The fourth-order valence-corrected chi connectivity index (χ4v) is 3.58. The molecule has 0 bridgehead atoms. The summed E-state index contributed by atoms with van der Waals surface area (Å²) in [7, 11) is 1.96. The Bertz CT molecular complexity index is 726. The molecule has 128 valence electrons. The van der Waals surface area contributed by atoms with Crippen LogP contribution in [0.15, 0.2) is 30.5 Å². The zero-order valence-corrected chi connectivity index (χ0v) is 14.9. The summed E-state index contributed by atoms with van der Waals surface area (Å²) in [5.74, 6) is 0.582. The zero-order valence-electron chi connectivity index (χ0n) is 14.1. The molecule has 0 radical (unpaired) electrons. The minimum atomic E-state index is 0.0617. The molecule has 0 saturated carbocycles. The minimum absolute atomic E-state index is 0.0617. The molecule has 1 unspecified atom stereocenters. The summed E-state index contributed by atoms with van der Waals surface area (Å²) in [6, 6.07) is 7.52. The Hall–Kier alpha value is -1.85. The molecule has 1 fully saturated rings. The highest BCUT2D eigenvalue weighted by Crippen LogP contribution is 2.24. The van der Waals surface area contributed by atoms with Gasteiger partial charge in [0.05, 0.1) is 28.2 Å². The predicted molar refractivity (Wildman–Crippen MR) is 95.9 cm³/mol. The van der Waals surface area contributed by atoms with Crippen molar-refractivity contribution in [1.82, 2.24) is 20.0 Å². The average molecular weight is 347 g/mol. The van der Waals surface area contributed by atoms with Crippen molar-refractivity contribution in [3.63, 3.8) is 0 Å². The summed E-state index contributed by atoms with van der Waals surface area (Å²) in [5, 5.41) is 8.22.